The molecule has 0 amide bonds. The van der Waals surface area contributed by atoms with Gasteiger partial charge in [0, 0.05) is 29.3 Å². The van der Waals surface area contributed by atoms with Crippen molar-refractivity contribution in [3.63, 3.8) is 0 Å². The first-order valence-electron chi connectivity index (χ1n) is 13.3. The molecule has 0 radical (unpaired) electrons. The zero-order valence-corrected chi connectivity index (χ0v) is 22.8. The van der Waals surface area contributed by atoms with E-state index in [1.165, 1.54) is 11.8 Å². The molecule has 1 saturated carbocycles. The van der Waals surface area contributed by atoms with E-state index in [9.17, 15) is 20.4 Å². The number of rotatable bonds is 8. The summed E-state index contributed by atoms with van der Waals surface area (Å²) in [6.45, 7) is 2.06. The number of benzene rings is 1. The lowest BCUT2D eigenvalue weighted by atomic mass is 9.84. The van der Waals surface area contributed by atoms with Crippen LogP contribution in [-0.4, -0.2) is 118 Å². The minimum absolute atomic E-state index is 0.0655. The molecule has 13 nitrogen and oxygen atoms in total. The second-order valence-electron chi connectivity index (χ2n) is 10.7. The van der Waals surface area contributed by atoms with Crippen LogP contribution in [0.15, 0.2) is 29.2 Å². The van der Waals surface area contributed by atoms with E-state index >= 15 is 0 Å². The molecule has 14 N–H and O–H groups in total. The molecule has 1 aromatic carbocycles. The average molecular weight is 574 g/mol. The number of aliphatic hydroxyl groups excluding tert-OH is 4. The highest BCUT2D eigenvalue weighted by Crippen LogP contribution is 2.32. The van der Waals surface area contributed by atoms with Crippen molar-refractivity contribution in [2.24, 2.45) is 28.7 Å². The Morgan fingerprint density at radius 1 is 0.795 bits per heavy atom. The molecule has 14 atom stereocenters. The number of aryl methyl sites for hydroxylation is 1. The van der Waals surface area contributed by atoms with Crippen molar-refractivity contribution in [2.45, 2.75) is 110 Å². The lowest BCUT2D eigenvalue weighted by Gasteiger charge is -2.48. The highest BCUT2D eigenvalue weighted by atomic mass is 32.2. The van der Waals surface area contributed by atoms with Gasteiger partial charge in [0.05, 0.1) is 36.5 Å². The predicted octanol–water partition coefficient (Wildman–Crippen LogP) is -3.19. The normalized spacial score (nSPS) is 45.3. The first-order chi connectivity index (χ1) is 18.5. The Morgan fingerprint density at radius 3 is 2.00 bits per heavy atom. The summed E-state index contributed by atoms with van der Waals surface area (Å²) < 4.78 is 23.7. The van der Waals surface area contributed by atoms with E-state index in [0.29, 0.717) is 5.75 Å². The van der Waals surface area contributed by atoms with Crippen molar-refractivity contribution in [1.29, 1.82) is 0 Å². The van der Waals surface area contributed by atoms with Gasteiger partial charge in [-0.2, -0.15) is 0 Å². The Kier molecular flexibility index (Phi) is 10.6. The first-order valence-corrected chi connectivity index (χ1v) is 14.2. The van der Waals surface area contributed by atoms with Gasteiger partial charge in [0.1, 0.15) is 24.4 Å². The minimum atomic E-state index is -1.38. The van der Waals surface area contributed by atoms with E-state index < -0.39 is 85.6 Å². The fourth-order valence-corrected chi connectivity index (χ4v) is 6.19. The minimum Gasteiger partial charge on any atom is -0.390 e. The molecule has 222 valence electrons. The summed E-state index contributed by atoms with van der Waals surface area (Å²) in [6, 6.07) is 4.80. The largest absolute Gasteiger partial charge is 0.390 e. The summed E-state index contributed by atoms with van der Waals surface area (Å²) in [5.74, 6) is 0.353. The summed E-state index contributed by atoms with van der Waals surface area (Å²) in [7, 11) is 0. The maximum atomic E-state index is 11.2. The molecule has 0 aromatic heterocycles. The molecular formula is C25H43N5O8S. The van der Waals surface area contributed by atoms with Gasteiger partial charge in [0.25, 0.3) is 0 Å². The van der Waals surface area contributed by atoms with E-state index in [4.69, 9.17) is 47.6 Å². The molecule has 14 heteroatoms. The number of hydrogen-bond acceptors (Lipinski definition) is 14. The molecule has 0 bridgehead atoms. The molecule has 3 fully saturated rings. The Morgan fingerprint density at radius 2 is 1.38 bits per heavy atom. The molecule has 2 saturated heterocycles. The predicted molar refractivity (Wildman–Crippen MR) is 143 cm³/mol. The van der Waals surface area contributed by atoms with E-state index in [1.807, 2.05) is 31.2 Å². The maximum absolute atomic E-state index is 11.2. The number of hydrogen-bond donors (Lipinski definition) is 9. The van der Waals surface area contributed by atoms with E-state index in [0.717, 1.165) is 10.5 Å². The number of ether oxygens (including phenoxy) is 4. The van der Waals surface area contributed by atoms with Gasteiger partial charge in [-0.25, -0.2) is 0 Å². The number of nitrogens with two attached hydrogens (primary N) is 5. The Balaban J connectivity index is 1.42. The zero-order chi connectivity index (χ0) is 28.4. The summed E-state index contributed by atoms with van der Waals surface area (Å²) >= 11 is 1.47. The van der Waals surface area contributed by atoms with Gasteiger partial charge in [-0.3, -0.25) is 0 Å². The van der Waals surface area contributed by atoms with Crippen LogP contribution in [0.4, 0.5) is 0 Å². The van der Waals surface area contributed by atoms with Crippen molar-refractivity contribution in [3.05, 3.63) is 29.8 Å². The third kappa shape index (κ3) is 7.10. The van der Waals surface area contributed by atoms with Crippen molar-refractivity contribution in [1.82, 2.24) is 0 Å². The van der Waals surface area contributed by atoms with Crippen LogP contribution in [-0.2, 0) is 18.9 Å². The topological polar surface area (TPSA) is 248 Å². The molecule has 1 aromatic rings. The summed E-state index contributed by atoms with van der Waals surface area (Å²) in [4.78, 5) is 0.986. The quantitative estimate of drug-likeness (QED) is 0.139. The van der Waals surface area contributed by atoms with Crippen LogP contribution in [0.5, 0.6) is 0 Å². The van der Waals surface area contributed by atoms with Crippen molar-refractivity contribution in [3.8, 4) is 0 Å². The van der Waals surface area contributed by atoms with Crippen LogP contribution in [0.3, 0.4) is 0 Å². The van der Waals surface area contributed by atoms with Crippen LogP contribution in [0.25, 0.3) is 0 Å². The smallest absolute Gasteiger partial charge is 0.186 e. The van der Waals surface area contributed by atoms with Crippen LogP contribution >= 0.6 is 11.8 Å². The van der Waals surface area contributed by atoms with Gasteiger partial charge >= 0.3 is 0 Å². The van der Waals surface area contributed by atoms with E-state index in [1.54, 1.807) is 0 Å². The third-order valence-electron chi connectivity index (χ3n) is 7.67. The second-order valence-corrected chi connectivity index (χ2v) is 11.8. The first kappa shape index (κ1) is 31.0. The van der Waals surface area contributed by atoms with Gasteiger partial charge in [0.2, 0.25) is 0 Å². The molecule has 1 aliphatic carbocycles. The van der Waals surface area contributed by atoms with Crippen molar-refractivity contribution >= 4 is 11.8 Å². The lowest BCUT2D eigenvalue weighted by Crippen LogP contribution is -2.68. The van der Waals surface area contributed by atoms with E-state index in [2.05, 4.69) is 0 Å². The Labute approximate surface area is 232 Å². The monoisotopic (exact) mass is 573 g/mol. The molecular weight excluding hydrogens is 530 g/mol. The maximum Gasteiger partial charge on any atom is 0.186 e. The van der Waals surface area contributed by atoms with Gasteiger partial charge in [-0.1, -0.05) is 17.7 Å². The summed E-state index contributed by atoms with van der Waals surface area (Å²) in [6.07, 6.45) is -9.93. The highest BCUT2D eigenvalue weighted by molar-refractivity contribution is 7.99. The molecule has 0 spiro atoms. The van der Waals surface area contributed by atoms with Crippen LogP contribution in [0.2, 0.25) is 0 Å². The van der Waals surface area contributed by atoms with Gasteiger partial charge < -0.3 is 68.0 Å². The fraction of sp³-hybridized carbons (Fsp3) is 0.760. The van der Waals surface area contributed by atoms with Crippen LogP contribution in [0.1, 0.15) is 18.4 Å². The SMILES string of the molecule is Cc1ccc(SC[C@H]2O[C@H](O[C@@H]3[C@@H](O)[C@H](O[C@H]4O[C@H](CN)[C@@H](O)C[C@H]4N)[C@@H](N)C[C@H]3N)[C@H](O)[C@@H](N)[C@@H]2O)cc1. The number of aliphatic hydroxyl groups is 4. The van der Waals surface area contributed by atoms with Crippen LogP contribution < -0.4 is 28.7 Å². The van der Waals surface area contributed by atoms with Crippen LogP contribution in [0, 0.1) is 6.92 Å². The molecule has 4 rings (SSSR count). The fourth-order valence-electron chi connectivity index (χ4n) is 5.23. The Bertz CT molecular complexity index is 921. The Hall–Kier alpha value is -0.950. The molecule has 2 aliphatic heterocycles. The van der Waals surface area contributed by atoms with Gasteiger partial charge in [-0.15, -0.1) is 11.8 Å². The van der Waals surface area contributed by atoms with E-state index in [-0.39, 0.29) is 19.4 Å². The third-order valence-corrected chi connectivity index (χ3v) is 8.77. The second kappa shape index (κ2) is 13.4. The van der Waals surface area contributed by atoms with Gasteiger partial charge in [-0.05, 0) is 31.9 Å². The molecule has 3 aliphatic rings. The van der Waals surface area contributed by atoms with Crippen molar-refractivity contribution < 1.29 is 39.4 Å². The summed E-state index contributed by atoms with van der Waals surface area (Å²) in [5, 5.41) is 42.7. The number of thioether (sulfide) groups is 1. The molecule has 39 heavy (non-hydrogen) atoms. The standard InChI is InChI=1S/C25H43N5O8S/c1-10-2-4-11(5-3-10)39-9-17-19(32)18(30)20(33)25(36-17)38-23-13(28)6-12(27)22(21(23)34)37-24-14(29)7-15(31)16(8-26)35-24/h2-5,12-25,31-34H,6-9,26-30H2,1H3/t12-,13+,14+,15-,16+,17+,18-,19+,20+,21-,22+,23-,24+,25+/m0/s1. The highest BCUT2D eigenvalue weighted by Gasteiger charge is 2.50. The summed E-state index contributed by atoms with van der Waals surface area (Å²) in [5.41, 5.74) is 31.6. The average Bonchev–Trinajstić information content (AvgIpc) is 2.90. The zero-order valence-electron chi connectivity index (χ0n) is 21.9. The molecule has 2 heterocycles. The molecule has 0 unspecified atom stereocenters. The lowest BCUT2D eigenvalue weighted by molar-refractivity contribution is -0.309. The van der Waals surface area contributed by atoms with Gasteiger partial charge in [0.15, 0.2) is 12.6 Å². The van der Waals surface area contributed by atoms with Crippen molar-refractivity contribution in [2.75, 3.05) is 12.3 Å².